The minimum absolute atomic E-state index is 0.132. The van der Waals surface area contributed by atoms with E-state index in [1.165, 1.54) is 16.0 Å². The summed E-state index contributed by atoms with van der Waals surface area (Å²) in [5.74, 6) is 0. The van der Waals surface area contributed by atoms with Crippen LogP contribution in [0.1, 0.15) is 34.4 Å². The zero-order valence-corrected chi connectivity index (χ0v) is 13.3. The Kier molecular flexibility index (Phi) is 5.75. The molecule has 4 nitrogen and oxygen atoms in total. The number of aromatic nitrogens is 1. The number of aryl methyl sites for hydroxylation is 1. The summed E-state index contributed by atoms with van der Waals surface area (Å²) < 4.78 is 0. The van der Waals surface area contributed by atoms with Crippen LogP contribution in [-0.2, 0) is 13.0 Å². The second-order valence-electron chi connectivity index (χ2n) is 4.99. The van der Waals surface area contributed by atoms with Crippen molar-refractivity contribution < 1.29 is 4.79 Å². The van der Waals surface area contributed by atoms with Gasteiger partial charge in [0.15, 0.2) is 0 Å². The standard InChI is InChI=1S/C16H21N3OS/c1-3-8-17-16(20)19-11-15-18-10-14(21-15)9-13-6-4-12(2)5-7-13/h4-7,10H,3,8-9,11H2,1-2H3,(H2,17,19,20). The maximum atomic E-state index is 11.5. The Morgan fingerprint density at radius 2 is 2.00 bits per heavy atom. The molecule has 0 unspecified atom stereocenters. The SMILES string of the molecule is CCCNC(=O)NCc1ncc(Cc2ccc(C)cc2)s1. The number of thiazole rings is 1. The molecule has 112 valence electrons. The first-order chi connectivity index (χ1) is 10.2. The molecule has 2 N–H and O–H groups in total. The van der Waals surface area contributed by atoms with Crippen LogP contribution in [0, 0.1) is 6.92 Å². The van der Waals surface area contributed by atoms with E-state index in [1.807, 2.05) is 13.1 Å². The Hall–Kier alpha value is -1.88. The van der Waals surface area contributed by atoms with Crippen molar-refractivity contribution in [3.63, 3.8) is 0 Å². The molecule has 0 aliphatic rings. The van der Waals surface area contributed by atoms with E-state index in [9.17, 15) is 4.79 Å². The van der Waals surface area contributed by atoms with Crippen molar-refractivity contribution in [1.29, 1.82) is 0 Å². The molecule has 2 aromatic rings. The van der Waals surface area contributed by atoms with E-state index in [1.54, 1.807) is 11.3 Å². The molecule has 1 heterocycles. The van der Waals surface area contributed by atoms with Crippen LogP contribution in [-0.4, -0.2) is 17.6 Å². The summed E-state index contributed by atoms with van der Waals surface area (Å²) in [7, 11) is 0. The number of carbonyl (C=O) groups excluding carboxylic acids is 1. The number of carbonyl (C=O) groups is 1. The van der Waals surface area contributed by atoms with Crippen LogP contribution < -0.4 is 10.6 Å². The van der Waals surface area contributed by atoms with Crippen LogP contribution in [0.3, 0.4) is 0 Å². The summed E-state index contributed by atoms with van der Waals surface area (Å²) in [5.41, 5.74) is 2.55. The van der Waals surface area contributed by atoms with E-state index >= 15 is 0 Å². The lowest BCUT2D eigenvalue weighted by Gasteiger charge is -2.04. The Bertz CT molecular complexity index is 577. The zero-order chi connectivity index (χ0) is 15.1. The molecule has 0 aliphatic carbocycles. The summed E-state index contributed by atoms with van der Waals surface area (Å²) in [4.78, 5) is 17.0. The lowest BCUT2D eigenvalue weighted by Crippen LogP contribution is -2.35. The Balaban J connectivity index is 1.83. The van der Waals surface area contributed by atoms with Gasteiger partial charge in [0.05, 0.1) is 6.54 Å². The smallest absolute Gasteiger partial charge is 0.315 e. The molecule has 0 aliphatic heterocycles. The molecule has 21 heavy (non-hydrogen) atoms. The summed E-state index contributed by atoms with van der Waals surface area (Å²) in [5, 5.41) is 6.53. The summed E-state index contributed by atoms with van der Waals surface area (Å²) in [6.07, 6.45) is 3.72. The molecule has 0 saturated carbocycles. The summed E-state index contributed by atoms with van der Waals surface area (Å²) in [6, 6.07) is 8.40. The lowest BCUT2D eigenvalue weighted by molar-refractivity contribution is 0.240. The van der Waals surface area contributed by atoms with Gasteiger partial charge >= 0.3 is 6.03 Å². The second-order valence-corrected chi connectivity index (χ2v) is 6.19. The minimum atomic E-state index is -0.132. The third-order valence-electron chi connectivity index (χ3n) is 3.04. The maximum absolute atomic E-state index is 11.5. The van der Waals surface area contributed by atoms with Crippen molar-refractivity contribution in [1.82, 2.24) is 15.6 Å². The molecule has 0 saturated heterocycles. The highest BCUT2D eigenvalue weighted by molar-refractivity contribution is 7.11. The van der Waals surface area contributed by atoms with E-state index in [2.05, 4.69) is 46.8 Å². The van der Waals surface area contributed by atoms with Gasteiger partial charge in [-0.15, -0.1) is 11.3 Å². The monoisotopic (exact) mass is 303 g/mol. The molecule has 0 atom stereocenters. The topological polar surface area (TPSA) is 54.0 Å². The Labute approximate surface area is 129 Å². The predicted molar refractivity (Wildman–Crippen MR) is 86.6 cm³/mol. The fourth-order valence-corrected chi connectivity index (χ4v) is 2.77. The molecule has 5 heteroatoms. The van der Waals surface area contributed by atoms with E-state index in [4.69, 9.17) is 0 Å². The second kappa shape index (κ2) is 7.78. The predicted octanol–water partition coefficient (Wildman–Crippen LogP) is 3.25. The molecule has 0 fully saturated rings. The van der Waals surface area contributed by atoms with E-state index < -0.39 is 0 Å². The maximum Gasteiger partial charge on any atom is 0.315 e. The van der Waals surface area contributed by atoms with Crippen molar-refractivity contribution in [2.24, 2.45) is 0 Å². The van der Waals surface area contributed by atoms with Gasteiger partial charge in [-0.1, -0.05) is 36.8 Å². The molecule has 1 aromatic carbocycles. The van der Waals surface area contributed by atoms with E-state index in [0.717, 1.165) is 17.8 Å². The molecule has 1 aromatic heterocycles. The third-order valence-corrected chi connectivity index (χ3v) is 4.03. The third kappa shape index (κ3) is 5.19. The highest BCUT2D eigenvalue weighted by atomic mass is 32.1. The van der Waals surface area contributed by atoms with Crippen molar-refractivity contribution in [3.8, 4) is 0 Å². The first kappa shape index (κ1) is 15.5. The average molecular weight is 303 g/mol. The Morgan fingerprint density at radius 3 is 2.71 bits per heavy atom. The lowest BCUT2D eigenvalue weighted by atomic mass is 10.1. The van der Waals surface area contributed by atoms with Gasteiger partial charge < -0.3 is 10.6 Å². The van der Waals surface area contributed by atoms with Gasteiger partial charge in [0.1, 0.15) is 5.01 Å². The zero-order valence-electron chi connectivity index (χ0n) is 12.5. The van der Waals surface area contributed by atoms with E-state index in [0.29, 0.717) is 13.1 Å². The van der Waals surface area contributed by atoms with Crippen LogP contribution >= 0.6 is 11.3 Å². The minimum Gasteiger partial charge on any atom is -0.338 e. The number of hydrogen-bond donors (Lipinski definition) is 2. The Morgan fingerprint density at radius 1 is 1.24 bits per heavy atom. The fraction of sp³-hybridized carbons (Fsp3) is 0.375. The molecule has 0 radical (unpaired) electrons. The van der Waals surface area contributed by atoms with Crippen LogP contribution in [0.4, 0.5) is 4.79 Å². The van der Waals surface area contributed by atoms with Gasteiger partial charge in [-0.25, -0.2) is 9.78 Å². The normalized spacial score (nSPS) is 10.4. The largest absolute Gasteiger partial charge is 0.338 e. The van der Waals surface area contributed by atoms with Crippen molar-refractivity contribution >= 4 is 17.4 Å². The molecule has 0 spiro atoms. The highest BCUT2D eigenvalue weighted by Crippen LogP contribution is 2.17. The first-order valence-electron chi connectivity index (χ1n) is 7.18. The quantitative estimate of drug-likeness (QED) is 0.860. The van der Waals surface area contributed by atoms with Crippen molar-refractivity contribution in [2.45, 2.75) is 33.2 Å². The van der Waals surface area contributed by atoms with Gasteiger partial charge in [0.25, 0.3) is 0 Å². The van der Waals surface area contributed by atoms with Crippen LogP contribution in [0.5, 0.6) is 0 Å². The summed E-state index contributed by atoms with van der Waals surface area (Å²) >= 11 is 1.64. The summed E-state index contributed by atoms with van der Waals surface area (Å²) in [6.45, 7) is 5.29. The van der Waals surface area contributed by atoms with Gasteiger partial charge in [0, 0.05) is 24.0 Å². The van der Waals surface area contributed by atoms with Crippen LogP contribution in [0.25, 0.3) is 0 Å². The van der Waals surface area contributed by atoms with E-state index in [-0.39, 0.29) is 6.03 Å². The van der Waals surface area contributed by atoms with Crippen LogP contribution in [0.15, 0.2) is 30.5 Å². The van der Waals surface area contributed by atoms with Crippen molar-refractivity contribution in [2.75, 3.05) is 6.54 Å². The number of amides is 2. The highest BCUT2D eigenvalue weighted by Gasteiger charge is 2.05. The molecule has 2 rings (SSSR count). The van der Waals surface area contributed by atoms with Gasteiger partial charge in [-0.2, -0.15) is 0 Å². The average Bonchev–Trinajstić information content (AvgIpc) is 2.93. The molecule has 0 bridgehead atoms. The van der Waals surface area contributed by atoms with Crippen LogP contribution in [0.2, 0.25) is 0 Å². The first-order valence-corrected chi connectivity index (χ1v) is 8.00. The van der Waals surface area contributed by atoms with Gasteiger partial charge in [-0.05, 0) is 18.9 Å². The fourth-order valence-electron chi connectivity index (χ4n) is 1.88. The molecular formula is C16H21N3OS. The number of nitrogens with one attached hydrogen (secondary N) is 2. The van der Waals surface area contributed by atoms with Gasteiger partial charge in [0.2, 0.25) is 0 Å². The molecular weight excluding hydrogens is 282 g/mol. The number of benzene rings is 1. The van der Waals surface area contributed by atoms with Gasteiger partial charge in [-0.3, -0.25) is 0 Å². The number of hydrogen-bond acceptors (Lipinski definition) is 3. The molecule has 2 amide bonds. The number of nitrogens with zero attached hydrogens (tertiary/aromatic N) is 1. The number of urea groups is 1. The van der Waals surface area contributed by atoms with Crippen molar-refractivity contribution in [3.05, 3.63) is 51.5 Å². The number of rotatable bonds is 6.